The third kappa shape index (κ3) is 2.42. The Kier molecular flexibility index (Phi) is 3.04. The van der Waals surface area contributed by atoms with Gasteiger partial charge < -0.3 is 0 Å². The summed E-state index contributed by atoms with van der Waals surface area (Å²) in [6, 6.07) is -0.106. The second-order valence-electron chi connectivity index (χ2n) is 5.05. The zero-order valence-electron chi connectivity index (χ0n) is 10.2. The third-order valence-corrected chi connectivity index (χ3v) is 5.16. The van der Waals surface area contributed by atoms with E-state index < -0.39 is 20.4 Å². The lowest BCUT2D eigenvalue weighted by molar-refractivity contribution is -0.121. The maximum absolute atomic E-state index is 12.1. The molecule has 15 heavy (non-hydrogen) atoms. The Labute approximate surface area is 94.9 Å². The van der Waals surface area contributed by atoms with Gasteiger partial charge >= 0.3 is 6.03 Å². The zero-order valence-corrected chi connectivity index (χ0v) is 11.9. The Morgan fingerprint density at radius 2 is 1.40 bits per heavy atom. The molecule has 0 spiro atoms. The van der Waals surface area contributed by atoms with Gasteiger partial charge in [0, 0.05) is 0 Å². The molecule has 0 aromatic carbocycles. The van der Waals surface area contributed by atoms with E-state index in [1.165, 1.54) is 4.31 Å². The lowest BCUT2D eigenvalue weighted by Crippen LogP contribution is -2.35. The van der Waals surface area contributed by atoms with E-state index in [2.05, 4.69) is 0 Å². The Morgan fingerprint density at radius 3 is 1.60 bits per heavy atom. The number of hydrogen-bond donors (Lipinski definition) is 0. The van der Waals surface area contributed by atoms with Crippen molar-refractivity contribution < 1.29 is 9.59 Å². The van der Waals surface area contributed by atoms with Gasteiger partial charge in [-0.25, -0.2) is 9.10 Å². The van der Waals surface area contributed by atoms with Crippen molar-refractivity contribution in [3.05, 3.63) is 0 Å². The molecular weight excluding hydrogens is 232 g/mol. The first-order valence-electron chi connectivity index (χ1n) is 4.56. The van der Waals surface area contributed by atoms with Crippen LogP contribution in [0.3, 0.4) is 0 Å². The predicted octanol–water partition coefficient (Wildman–Crippen LogP) is 1.47. The van der Waals surface area contributed by atoms with Crippen LogP contribution in [0.2, 0.25) is 0 Å². The van der Waals surface area contributed by atoms with Crippen LogP contribution in [0.15, 0.2) is 0 Å². The van der Waals surface area contributed by atoms with Crippen LogP contribution < -0.4 is 0 Å². The van der Waals surface area contributed by atoms with Crippen molar-refractivity contribution in [1.82, 2.24) is 8.61 Å². The highest BCUT2D eigenvalue weighted by molar-refractivity contribution is 8.32. The number of hydrogen-bond acceptors (Lipinski definition) is 2. The van der Waals surface area contributed by atoms with Crippen LogP contribution in [0.4, 0.5) is 4.79 Å². The molecule has 0 bridgehead atoms. The Hall–Kier alpha value is -0.360. The molecule has 0 N–H and O–H groups in total. The summed E-state index contributed by atoms with van der Waals surface area (Å²) in [5.74, 6) is -0.0510. The molecular formula is C9H20N2O2S2. The summed E-state index contributed by atoms with van der Waals surface area (Å²) in [5.41, 5.74) is 0. The number of imide groups is 1. The molecule has 0 aliphatic carbocycles. The van der Waals surface area contributed by atoms with Crippen LogP contribution >= 0.6 is 20.4 Å². The predicted molar refractivity (Wildman–Crippen MR) is 69.7 cm³/mol. The average Bonchev–Trinajstić information content (AvgIpc) is 2.22. The molecule has 0 saturated carbocycles. The fraction of sp³-hybridized carbons (Fsp3) is 0.778. The van der Waals surface area contributed by atoms with Crippen LogP contribution in [-0.2, 0) is 4.79 Å². The maximum atomic E-state index is 12.1. The SMILES string of the molecule is CS(C)(C)N1CC(=O)N(S(C)(C)C)C1=O. The second kappa shape index (κ2) is 3.59. The Balaban J connectivity index is 3.00. The van der Waals surface area contributed by atoms with E-state index in [9.17, 15) is 9.59 Å². The zero-order chi connectivity index (χ0) is 12.0. The van der Waals surface area contributed by atoms with Crippen molar-refractivity contribution in [3.63, 3.8) is 0 Å². The molecule has 0 aromatic heterocycles. The van der Waals surface area contributed by atoms with Crippen LogP contribution in [-0.4, -0.2) is 64.6 Å². The van der Waals surface area contributed by atoms with E-state index in [1.54, 1.807) is 4.31 Å². The summed E-state index contributed by atoms with van der Waals surface area (Å²) in [6.45, 7) is 0.252. The van der Waals surface area contributed by atoms with Gasteiger partial charge in [-0.05, 0) is 37.5 Å². The van der Waals surface area contributed by atoms with Crippen molar-refractivity contribution in [2.75, 3.05) is 44.1 Å². The summed E-state index contributed by atoms with van der Waals surface area (Å²) >= 11 is 0. The number of urea groups is 1. The number of carbonyl (C=O) groups is 2. The van der Waals surface area contributed by atoms with E-state index in [-0.39, 0.29) is 18.5 Å². The third-order valence-electron chi connectivity index (χ3n) is 2.10. The van der Waals surface area contributed by atoms with Crippen molar-refractivity contribution >= 4 is 32.4 Å². The quantitative estimate of drug-likeness (QED) is 0.698. The Morgan fingerprint density at radius 1 is 0.933 bits per heavy atom. The van der Waals surface area contributed by atoms with E-state index in [0.717, 1.165) is 0 Å². The smallest absolute Gasteiger partial charge is 0.277 e. The lowest BCUT2D eigenvalue weighted by atomic mass is 10.7. The first-order chi connectivity index (χ1) is 6.55. The molecule has 1 saturated heterocycles. The van der Waals surface area contributed by atoms with Crippen LogP contribution in [0.1, 0.15) is 0 Å². The lowest BCUT2D eigenvalue weighted by Gasteiger charge is -2.39. The summed E-state index contributed by atoms with van der Waals surface area (Å²) in [7, 11) is -2.43. The molecule has 1 aliphatic heterocycles. The summed E-state index contributed by atoms with van der Waals surface area (Å²) < 4.78 is 3.17. The second-order valence-corrected chi connectivity index (χ2v) is 12.9. The van der Waals surface area contributed by atoms with Gasteiger partial charge in [-0.15, -0.1) is 0 Å². The highest BCUT2D eigenvalue weighted by Crippen LogP contribution is 2.49. The maximum Gasteiger partial charge on any atom is 0.344 e. The number of amides is 3. The highest BCUT2D eigenvalue weighted by Gasteiger charge is 2.43. The van der Waals surface area contributed by atoms with Crippen LogP contribution in [0.25, 0.3) is 0 Å². The van der Waals surface area contributed by atoms with E-state index >= 15 is 0 Å². The Bertz CT molecular complexity index is 304. The largest absolute Gasteiger partial charge is 0.344 e. The molecule has 1 fully saturated rings. The van der Waals surface area contributed by atoms with Gasteiger partial charge in [-0.3, -0.25) is 9.10 Å². The number of rotatable bonds is 2. The monoisotopic (exact) mass is 252 g/mol. The fourth-order valence-corrected chi connectivity index (χ4v) is 3.77. The van der Waals surface area contributed by atoms with Crippen molar-refractivity contribution in [3.8, 4) is 0 Å². The molecule has 1 heterocycles. The minimum Gasteiger partial charge on any atom is -0.277 e. The van der Waals surface area contributed by atoms with Gasteiger partial charge in [0.15, 0.2) is 0 Å². The molecule has 6 heteroatoms. The molecule has 3 amide bonds. The molecule has 1 aliphatic rings. The van der Waals surface area contributed by atoms with Crippen molar-refractivity contribution in [2.45, 2.75) is 0 Å². The molecule has 0 unspecified atom stereocenters. The first-order valence-corrected chi connectivity index (χ1v) is 10.2. The standard InChI is InChI=1S/C9H20N2O2S2/c1-14(2,3)10-7-8(12)11(9(10)13)15(4,5)6/h7H2,1-6H3. The van der Waals surface area contributed by atoms with E-state index in [4.69, 9.17) is 0 Å². The van der Waals surface area contributed by atoms with Crippen molar-refractivity contribution in [2.24, 2.45) is 0 Å². The van der Waals surface area contributed by atoms with Crippen LogP contribution in [0.5, 0.6) is 0 Å². The molecule has 0 atom stereocenters. The number of carbonyl (C=O) groups excluding carboxylic acids is 2. The van der Waals surface area contributed by atoms with Gasteiger partial charge in [0.1, 0.15) is 6.54 Å². The van der Waals surface area contributed by atoms with Crippen LogP contribution in [0, 0.1) is 0 Å². The minimum absolute atomic E-state index is 0.0510. The van der Waals surface area contributed by atoms with Gasteiger partial charge in [-0.2, -0.15) is 20.4 Å². The van der Waals surface area contributed by atoms with Crippen molar-refractivity contribution in [1.29, 1.82) is 0 Å². The minimum atomic E-state index is -1.29. The van der Waals surface area contributed by atoms with E-state index in [1.807, 2.05) is 37.5 Å². The van der Waals surface area contributed by atoms with Gasteiger partial charge in [0.2, 0.25) is 0 Å². The van der Waals surface area contributed by atoms with Gasteiger partial charge in [0.05, 0.1) is 0 Å². The normalized spacial score (nSPS) is 21.2. The summed E-state index contributed by atoms with van der Waals surface area (Å²) in [6.07, 6.45) is 12.0. The van der Waals surface area contributed by atoms with E-state index in [0.29, 0.717) is 0 Å². The summed E-state index contributed by atoms with van der Waals surface area (Å²) in [5, 5.41) is 0. The van der Waals surface area contributed by atoms with Gasteiger partial charge in [0.25, 0.3) is 5.91 Å². The fourth-order valence-electron chi connectivity index (χ4n) is 1.43. The average molecular weight is 252 g/mol. The first kappa shape index (κ1) is 12.7. The molecule has 0 radical (unpaired) electrons. The number of nitrogens with zero attached hydrogens (tertiary/aromatic N) is 2. The molecule has 0 aromatic rings. The topological polar surface area (TPSA) is 40.6 Å². The van der Waals surface area contributed by atoms with Gasteiger partial charge in [-0.1, -0.05) is 0 Å². The molecule has 4 nitrogen and oxygen atoms in total. The summed E-state index contributed by atoms with van der Waals surface area (Å²) in [4.78, 5) is 23.9. The molecule has 90 valence electrons. The molecule has 1 rings (SSSR count). The highest BCUT2D eigenvalue weighted by atomic mass is 32.3.